The van der Waals surface area contributed by atoms with Gasteiger partial charge in [0.05, 0.1) is 11.5 Å². The first-order valence-electron chi connectivity index (χ1n) is 11.4. The zero-order valence-corrected chi connectivity index (χ0v) is 20.5. The minimum atomic E-state index is -4.03. The number of ether oxygens (including phenoxy) is 1. The Balaban J connectivity index is 1.58. The molecule has 2 amide bonds. The normalized spacial score (nSPS) is 20.7. The predicted molar refractivity (Wildman–Crippen MR) is 128 cm³/mol. The molecule has 2 aliphatic heterocycles. The van der Waals surface area contributed by atoms with E-state index in [1.54, 1.807) is 24.3 Å². The number of nitrogens with one attached hydrogen (secondary N) is 2. The van der Waals surface area contributed by atoms with E-state index < -0.39 is 34.0 Å². The first-order chi connectivity index (χ1) is 16.8. The molecule has 2 atom stereocenters. The number of halogens is 1. The monoisotopic (exact) mass is 519 g/mol. The lowest BCUT2D eigenvalue weighted by molar-refractivity contribution is -0.139. The molecule has 0 aliphatic carbocycles. The zero-order valence-electron chi connectivity index (χ0n) is 18.9. The molecule has 1 unspecified atom stereocenters. The molecule has 11 heteroatoms. The average Bonchev–Trinajstić information content (AvgIpc) is 3.12. The number of carbonyl (C=O) groups is 3. The molecular weight excluding hydrogens is 494 g/mol. The van der Waals surface area contributed by atoms with Gasteiger partial charge in [0.15, 0.2) is 0 Å². The van der Waals surface area contributed by atoms with E-state index in [2.05, 4.69) is 10.6 Å². The van der Waals surface area contributed by atoms with Crippen molar-refractivity contribution in [3.05, 3.63) is 64.7 Å². The van der Waals surface area contributed by atoms with Gasteiger partial charge in [-0.3, -0.25) is 9.59 Å². The van der Waals surface area contributed by atoms with E-state index in [1.807, 2.05) is 0 Å². The second kappa shape index (κ2) is 10.8. The maximum Gasteiger partial charge on any atom is 0.328 e. The van der Waals surface area contributed by atoms with Crippen LogP contribution >= 0.6 is 11.6 Å². The quantitative estimate of drug-likeness (QED) is 0.541. The van der Waals surface area contributed by atoms with Crippen LogP contribution in [0.5, 0.6) is 0 Å². The van der Waals surface area contributed by atoms with E-state index in [-0.39, 0.29) is 24.0 Å². The molecule has 2 aliphatic rings. The van der Waals surface area contributed by atoms with Crippen molar-refractivity contribution >= 4 is 39.4 Å². The fourth-order valence-electron chi connectivity index (χ4n) is 4.11. The summed E-state index contributed by atoms with van der Waals surface area (Å²) in [5.74, 6) is -1.21. The van der Waals surface area contributed by atoms with Gasteiger partial charge in [0.2, 0.25) is 15.9 Å². The molecule has 2 aromatic carbocycles. The summed E-state index contributed by atoms with van der Waals surface area (Å²) in [4.78, 5) is 36.9. The SMILES string of the molecule is O=C(NC1CCOC1=O)c1ccc(CN([C@@H]2CCCCNC2=O)S(=O)(=O)c2ccc(Cl)cc2)cc1. The Kier molecular flexibility index (Phi) is 7.73. The number of carbonyl (C=O) groups excluding carboxylic acids is 3. The smallest absolute Gasteiger partial charge is 0.328 e. The molecule has 35 heavy (non-hydrogen) atoms. The first kappa shape index (κ1) is 25.2. The summed E-state index contributed by atoms with van der Waals surface area (Å²) < 4.78 is 33.3. The third kappa shape index (κ3) is 5.83. The zero-order chi connectivity index (χ0) is 25.0. The van der Waals surface area contributed by atoms with Crippen molar-refractivity contribution in [2.45, 2.75) is 49.2 Å². The number of esters is 1. The fourth-order valence-corrected chi connectivity index (χ4v) is 5.84. The highest BCUT2D eigenvalue weighted by Crippen LogP contribution is 2.26. The van der Waals surface area contributed by atoms with Crippen LogP contribution in [0.15, 0.2) is 53.4 Å². The van der Waals surface area contributed by atoms with Gasteiger partial charge in [-0.25, -0.2) is 13.2 Å². The van der Waals surface area contributed by atoms with Crippen molar-refractivity contribution in [3.63, 3.8) is 0 Å². The van der Waals surface area contributed by atoms with Gasteiger partial charge in [-0.15, -0.1) is 0 Å². The van der Waals surface area contributed by atoms with E-state index in [1.165, 1.54) is 28.6 Å². The molecule has 0 radical (unpaired) electrons. The molecule has 2 N–H and O–H groups in total. The van der Waals surface area contributed by atoms with Crippen LogP contribution in [0.3, 0.4) is 0 Å². The summed E-state index contributed by atoms with van der Waals surface area (Å²) in [6, 6.07) is 10.7. The van der Waals surface area contributed by atoms with Gasteiger partial charge in [0.1, 0.15) is 12.1 Å². The molecular formula is C24H26ClN3O6S. The molecule has 0 bridgehead atoms. The predicted octanol–water partition coefficient (Wildman–Crippen LogP) is 2.24. The van der Waals surface area contributed by atoms with Crippen LogP contribution in [-0.2, 0) is 30.9 Å². The Bertz CT molecular complexity index is 1200. The maximum absolute atomic E-state index is 13.6. The molecule has 2 heterocycles. The number of amides is 2. The molecule has 2 aromatic rings. The van der Waals surface area contributed by atoms with Gasteiger partial charge in [0.25, 0.3) is 5.91 Å². The van der Waals surface area contributed by atoms with E-state index in [0.717, 1.165) is 6.42 Å². The van der Waals surface area contributed by atoms with Crippen molar-refractivity contribution in [3.8, 4) is 0 Å². The van der Waals surface area contributed by atoms with E-state index in [4.69, 9.17) is 16.3 Å². The lowest BCUT2D eigenvalue weighted by Gasteiger charge is -2.29. The van der Waals surface area contributed by atoms with Crippen LogP contribution in [0.4, 0.5) is 0 Å². The van der Waals surface area contributed by atoms with Crippen molar-refractivity contribution in [2.75, 3.05) is 13.2 Å². The number of sulfonamides is 1. The van der Waals surface area contributed by atoms with Crippen LogP contribution in [0, 0.1) is 0 Å². The highest BCUT2D eigenvalue weighted by molar-refractivity contribution is 7.89. The standard InChI is InChI=1S/C24H26ClN3O6S/c25-18-8-10-19(11-9-18)35(32,33)28(21-3-1-2-13-26-23(21)30)15-16-4-6-17(7-5-16)22(29)27-20-12-14-34-24(20)31/h4-11,20-21H,1-3,12-15H2,(H,26,30)(H,27,29)/t20?,21-/m1/s1. The van der Waals surface area contributed by atoms with Crippen LogP contribution in [0.1, 0.15) is 41.6 Å². The maximum atomic E-state index is 13.6. The summed E-state index contributed by atoms with van der Waals surface area (Å²) in [7, 11) is -4.03. The Morgan fingerprint density at radius 1 is 1.06 bits per heavy atom. The second-order valence-electron chi connectivity index (χ2n) is 8.49. The molecule has 186 valence electrons. The summed E-state index contributed by atoms with van der Waals surface area (Å²) in [6.07, 6.45) is 2.30. The number of nitrogens with zero attached hydrogens (tertiary/aromatic N) is 1. The minimum Gasteiger partial charge on any atom is -0.464 e. The van der Waals surface area contributed by atoms with Crippen LogP contribution in [0.2, 0.25) is 5.02 Å². The summed E-state index contributed by atoms with van der Waals surface area (Å²) in [5, 5.41) is 5.84. The summed E-state index contributed by atoms with van der Waals surface area (Å²) in [5.41, 5.74) is 0.934. The van der Waals surface area contributed by atoms with Gasteiger partial charge in [-0.05, 0) is 61.2 Å². The number of benzene rings is 2. The topological polar surface area (TPSA) is 122 Å². The third-order valence-corrected chi connectivity index (χ3v) is 8.19. The third-order valence-electron chi connectivity index (χ3n) is 6.07. The van der Waals surface area contributed by atoms with Gasteiger partial charge in [-0.1, -0.05) is 23.7 Å². The Morgan fingerprint density at radius 3 is 2.43 bits per heavy atom. The number of cyclic esters (lactones) is 1. The van der Waals surface area contributed by atoms with E-state index in [9.17, 15) is 22.8 Å². The van der Waals surface area contributed by atoms with Crippen molar-refractivity contribution < 1.29 is 27.5 Å². The average molecular weight is 520 g/mol. The second-order valence-corrected chi connectivity index (χ2v) is 10.8. The number of hydrogen-bond acceptors (Lipinski definition) is 6. The number of rotatable bonds is 7. The van der Waals surface area contributed by atoms with Crippen molar-refractivity contribution in [2.24, 2.45) is 0 Å². The minimum absolute atomic E-state index is 0.0402. The molecule has 0 saturated carbocycles. The highest BCUT2D eigenvalue weighted by atomic mass is 35.5. The van der Waals surface area contributed by atoms with E-state index in [0.29, 0.717) is 42.0 Å². The lowest BCUT2D eigenvalue weighted by atomic mass is 10.1. The first-order valence-corrected chi connectivity index (χ1v) is 13.2. The van der Waals surface area contributed by atoms with Gasteiger partial charge >= 0.3 is 5.97 Å². The van der Waals surface area contributed by atoms with Crippen LogP contribution < -0.4 is 10.6 Å². The molecule has 2 saturated heterocycles. The van der Waals surface area contributed by atoms with Gasteiger partial charge in [0, 0.05) is 30.1 Å². The Labute approximate surface area is 208 Å². The fraction of sp³-hybridized carbons (Fsp3) is 0.375. The molecule has 0 spiro atoms. The van der Waals surface area contributed by atoms with Crippen molar-refractivity contribution in [1.29, 1.82) is 0 Å². The van der Waals surface area contributed by atoms with Crippen molar-refractivity contribution in [1.82, 2.24) is 14.9 Å². The van der Waals surface area contributed by atoms with Gasteiger partial charge < -0.3 is 15.4 Å². The molecule has 4 rings (SSSR count). The highest BCUT2D eigenvalue weighted by Gasteiger charge is 2.36. The Morgan fingerprint density at radius 2 is 1.77 bits per heavy atom. The van der Waals surface area contributed by atoms with Crippen LogP contribution in [-0.4, -0.2) is 55.7 Å². The number of hydrogen-bond donors (Lipinski definition) is 2. The summed E-state index contributed by atoms with van der Waals surface area (Å²) >= 11 is 5.94. The van der Waals surface area contributed by atoms with E-state index >= 15 is 0 Å². The summed E-state index contributed by atoms with van der Waals surface area (Å²) in [6.45, 7) is 0.720. The lowest BCUT2D eigenvalue weighted by Crippen LogP contribution is -2.48. The van der Waals surface area contributed by atoms with Crippen LogP contribution in [0.25, 0.3) is 0 Å². The molecule has 0 aromatic heterocycles. The van der Waals surface area contributed by atoms with Gasteiger partial charge in [-0.2, -0.15) is 4.31 Å². The largest absolute Gasteiger partial charge is 0.464 e. The Hall–Kier alpha value is -2.95. The molecule has 2 fully saturated rings. The molecule has 9 nitrogen and oxygen atoms in total.